The molecule has 1 aromatic rings. The first kappa shape index (κ1) is 12.0. The molecular weight excluding hydrogens is 224 g/mol. The molecule has 3 nitrogen and oxygen atoms in total. The molecule has 0 bridgehead atoms. The van der Waals surface area contributed by atoms with Gasteiger partial charge in [-0.05, 0) is 31.4 Å². The van der Waals surface area contributed by atoms with Crippen molar-refractivity contribution in [1.82, 2.24) is 5.32 Å². The molecule has 2 aliphatic heterocycles. The van der Waals surface area contributed by atoms with Crippen LogP contribution in [0.2, 0.25) is 0 Å². The van der Waals surface area contributed by atoms with Crippen LogP contribution in [0.4, 0.5) is 5.69 Å². The van der Waals surface area contributed by atoms with Crippen LogP contribution in [0.15, 0.2) is 24.3 Å². The van der Waals surface area contributed by atoms with Crippen molar-refractivity contribution >= 4 is 5.69 Å². The van der Waals surface area contributed by atoms with E-state index in [-0.39, 0.29) is 0 Å². The van der Waals surface area contributed by atoms with Gasteiger partial charge in [0.25, 0.3) is 0 Å². The van der Waals surface area contributed by atoms with Gasteiger partial charge in [-0.1, -0.05) is 18.2 Å². The van der Waals surface area contributed by atoms with Crippen LogP contribution < -0.4 is 10.2 Å². The number of benzene rings is 1. The number of hydrogen-bond acceptors (Lipinski definition) is 3. The first-order chi connectivity index (χ1) is 8.84. The molecule has 1 fully saturated rings. The Morgan fingerprint density at radius 3 is 2.83 bits per heavy atom. The quantitative estimate of drug-likeness (QED) is 0.822. The lowest BCUT2D eigenvalue weighted by molar-refractivity contribution is 0.0842. The van der Waals surface area contributed by atoms with E-state index in [0.717, 1.165) is 39.1 Å². The molecule has 1 unspecified atom stereocenters. The third-order valence-corrected chi connectivity index (χ3v) is 4.04. The largest absolute Gasteiger partial charge is 0.381 e. The van der Waals surface area contributed by atoms with E-state index in [2.05, 4.69) is 41.4 Å². The van der Waals surface area contributed by atoms with Crippen molar-refractivity contribution < 1.29 is 4.74 Å². The number of anilines is 1. The fraction of sp³-hybridized carbons (Fsp3) is 0.600. The highest BCUT2D eigenvalue weighted by molar-refractivity contribution is 5.55. The molecule has 2 aliphatic rings. The van der Waals surface area contributed by atoms with E-state index in [9.17, 15) is 0 Å². The van der Waals surface area contributed by atoms with Gasteiger partial charge in [0.05, 0.1) is 0 Å². The highest BCUT2D eigenvalue weighted by Crippen LogP contribution is 2.28. The van der Waals surface area contributed by atoms with Crippen LogP contribution >= 0.6 is 0 Å². The normalized spacial score (nSPS) is 25.6. The molecule has 2 heterocycles. The van der Waals surface area contributed by atoms with Crippen LogP contribution in [-0.2, 0) is 11.3 Å². The third-order valence-electron chi connectivity index (χ3n) is 4.04. The Hall–Kier alpha value is -1.06. The minimum Gasteiger partial charge on any atom is -0.381 e. The lowest BCUT2D eigenvalue weighted by atomic mass is 10.0. The highest BCUT2D eigenvalue weighted by Gasteiger charge is 2.26. The van der Waals surface area contributed by atoms with E-state index in [1.165, 1.54) is 11.3 Å². The second kappa shape index (κ2) is 5.29. The third kappa shape index (κ3) is 2.38. The lowest BCUT2D eigenvalue weighted by Crippen LogP contribution is -2.44. The zero-order chi connectivity index (χ0) is 12.4. The average molecular weight is 246 g/mol. The van der Waals surface area contributed by atoms with Gasteiger partial charge in [-0.25, -0.2) is 0 Å². The van der Waals surface area contributed by atoms with Crippen molar-refractivity contribution in [3.63, 3.8) is 0 Å². The number of nitrogens with zero attached hydrogens (tertiary/aromatic N) is 1. The highest BCUT2D eigenvalue weighted by atomic mass is 16.5. The van der Waals surface area contributed by atoms with Gasteiger partial charge >= 0.3 is 0 Å². The fourth-order valence-electron chi connectivity index (χ4n) is 3.03. The van der Waals surface area contributed by atoms with Gasteiger partial charge in [-0.2, -0.15) is 0 Å². The van der Waals surface area contributed by atoms with E-state index >= 15 is 0 Å². The van der Waals surface area contributed by atoms with Crippen molar-refractivity contribution in [2.45, 2.75) is 38.4 Å². The molecule has 0 aromatic heterocycles. The Morgan fingerprint density at radius 1 is 1.22 bits per heavy atom. The number of fused-ring (bicyclic) bond motifs is 1. The van der Waals surface area contributed by atoms with Crippen molar-refractivity contribution in [2.75, 3.05) is 24.7 Å². The summed E-state index contributed by atoms with van der Waals surface area (Å²) in [6.45, 7) is 6.17. The second-order valence-electron chi connectivity index (χ2n) is 5.41. The molecular formula is C15H22N2O. The predicted octanol–water partition coefficient (Wildman–Crippen LogP) is 2.16. The van der Waals surface area contributed by atoms with Gasteiger partial charge in [0.15, 0.2) is 0 Å². The molecule has 0 spiro atoms. The summed E-state index contributed by atoms with van der Waals surface area (Å²) in [5, 5.41) is 3.60. The summed E-state index contributed by atoms with van der Waals surface area (Å²) in [7, 11) is 0. The average Bonchev–Trinajstić information content (AvgIpc) is 2.60. The first-order valence-electron chi connectivity index (χ1n) is 7.00. The predicted molar refractivity (Wildman–Crippen MR) is 73.9 cm³/mol. The number of para-hydroxylation sites is 1. The van der Waals surface area contributed by atoms with Crippen LogP contribution in [0.25, 0.3) is 0 Å². The van der Waals surface area contributed by atoms with Crippen LogP contribution in [0.3, 0.4) is 0 Å². The molecule has 1 aromatic carbocycles. The Bertz CT molecular complexity index is 401. The van der Waals surface area contributed by atoms with Gasteiger partial charge in [0.1, 0.15) is 0 Å². The molecule has 3 rings (SSSR count). The summed E-state index contributed by atoms with van der Waals surface area (Å²) in [6.07, 6.45) is 2.31. The molecule has 3 heteroatoms. The van der Waals surface area contributed by atoms with Gasteiger partial charge in [-0.3, -0.25) is 0 Å². The summed E-state index contributed by atoms with van der Waals surface area (Å²) in [5.74, 6) is 0. The van der Waals surface area contributed by atoms with E-state index < -0.39 is 0 Å². The van der Waals surface area contributed by atoms with Gasteiger partial charge in [0, 0.05) is 44.1 Å². The molecule has 1 N–H and O–H groups in total. The zero-order valence-electron chi connectivity index (χ0n) is 11.1. The van der Waals surface area contributed by atoms with Crippen molar-refractivity contribution in [2.24, 2.45) is 0 Å². The standard InChI is InChI=1S/C15H22N2O/c1-12-11-17(14-6-8-18-9-7-14)15-5-3-2-4-13(15)10-16-12/h2-5,12,14,16H,6-11H2,1H3. The minimum atomic E-state index is 0.542. The van der Waals surface area contributed by atoms with Crippen molar-refractivity contribution in [3.05, 3.63) is 29.8 Å². The smallest absolute Gasteiger partial charge is 0.0485 e. The van der Waals surface area contributed by atoms with Crippen molar-refractivity contribution in [1.29, 1.82) is 0 Å². The van der Waals surface area contributed by atoms with Gasteiger partial charge in [0.2, 0.25) is 0 Å². The molecule has 0 radical (unpaired) electrons. The number of hydrogen-bond donors (Lipinski definition) is 1. The van der Waals surface area contributed by atoms with Crippen LogP contribution in [0.5, 0.6) is 0 Å². The number of nitrogens with one attached hydrogen (secondary N) is 1. The van der Waals surface area contributed by atoms with Crippen LogP contribution in [0, 0.1) is 0 Å². The number of rotatable bonds is 1. The maximum atomic E-state index is 5.49. The molecule has 18 heavy (non-hydrogen) atoms. The van der Waals surface area contributed by atoms with E-state index in [0.29, 0.717) is 12.1 Å². The summed E-state index contributed by atoms with van der Waals surface area (Å²) in [5.41, 5.74) is 2.84. The van der Waals surface area contributed by atoms with Gasteiger partial charge in [-0.15, -0.1) is 0 Å². The maximum Gasteiger partial charge on any atom is 0.0485 e. The molecule has 0 amide bonds. The summed E-state index contributed by atoms with van der Waals surface area (Å²) in [6, 6.07) is 9.99. The summed E-state index contributed by atoms with van der Waals surface area (Å²) in [4.78, 5) is 2.60. The SMILES string of the molecule is CC1CN(C2CCOCC2)c2ccccc2CN1. The monoisotopic (exact) mass is 246 g/mol. The van der Waals surface area contributed by atoms with Crippen molar-refractivity contribution in [3.8, 4) is 0 Å². The van der Waals surface area contributed by atoms with E-state index in [1.54, 1.807) is 0 Å². The maximum absolute atomic E-state index is 5.49. The Kier molecular flexibility index (Phi) is 3.52. The topological polar surface area (TPSA) is 24.5 Å². The lowest BCUT2D eigenvalue weighted by Gasteiger charge is -2.37. The molecule has 0 saturated carbocycles. The summed E-state index contributed by atoms with van der Waals surface area (Å²) >= 11 is 0. The van der Waals surface area contributed by atoms with Gasteiger partial charge < -0.3 is 15.0 Å². The molecule has 98 valence electrons. The Balaban J connectivity index is 1.90. The fourth-order valence-corrected chi connectivity index (χ4v) is 3.03. The minimum absolute atomic E-state index is 0.542. The zero-order valence-corrected chi connectivity index (χ0v) is 11.1. The molecule has 0 aliphatic carbocycles. The summed E-state index contributed by atoms with van der Waals surface area (Å²) < 4.78 is 5.49. The molecule has 1 saturated heterocycles. The second-order valence-corrected chi connectivity index (χ2v) is 5.41. The number of ether oxygens (including phenoxy) is 1. The van der Waals surface area contributed by atoms with Crippen LogP contribution in [0.1, 0.15) is 25.3 Å². The Labute approximate surface area is 109 Å². The molecule has 1 atom stereocenters. The first-order valence-corrected chi connectivity index (χ1v) is 7.00. The van der Waals surface area contributed by atoms with Crippen LogP contribution in [-0.4, -0.2) is 31.8 Å². The van der Waals surface area contributed by atoms with E-state index in [1.807, 2.05) is 0 Å². The van der Waals surface area contributed by atoms with E-state index in [4.69, 9.17) is 4.74 Å². The Morgan fingerprint density at radius 2 is 2.00 bits per heavy atom.